The summed E-state index contributed by atoms with van der Waals surface area (Å²) in [6, 6.07) is 10.5. The standard InChI is InChI=1S/C21H19FN4O2/c22-16-3-2-14(19-15(16)11-24-20(19)27)18-10-13-9-12(1-4-17(13)25-18)21(28)26-7-5-23-6-8-26/h1-4,9-10,23,25H,5-8,11H2,(H,24,27). The Labute approximate surface area is 160 Å². The van der Waals surface area contributed by atoms with Crippen molar-refractivity contribution in [2.45, 2.75) is 6.54 Å². The number of H-pyrrole nitrogens is 1. The molecule has 1 fully saturated rings. The maximum absolute atomic E-state index is 14.0. The normalized spacial score (nSPS) is 16.3. The third kappa shape index (κ3) is 2.66. The zero-order chi connectivity index (χ0) is 19.3. The van der Waals surface area contributed by atoms with Crippen LogP contribution in [0.1, 0.15) is 26.3 Å². The molecular weight excluding hydrogens is 359 g/mol. The summed E-state index contributed by atoms with van der Waals surface area (Å²) in [7, 11) is 0. The lowest BCUT2D eigenvalue weighted by Gasteiger charge is -2.27. The summed E-state index contributed by atoms with van der Waals surface area (Å²) in [6.45, 7) is 3.22. The molecule has 1 saturated heterocycles. The first-order chi connectivity index (χ1) is 13.6. The minimum absolute atomic E-state index is 0.0215. The second-order valence-electron chi connectivity index (χ2n) is 7.16. The second kappa shape index (κ2) is 6.45. The third-order valence-corrected chi connectivity index (χ3v) is 5.47. The monoisotopic (exact) mass is 378 g/mol. The number of hydrogen-bond donors (Lipinski definition) is 3. The van der Waals surface area contributed by atoms with E-state index >= 15 is 0 Å². The number of benzene rings is 2. The van der Waals surface area contributed by atoms with Crippen molar-refractivity contribution < 1.29 is 14.0 Å². The second-order valence-corrected chi connectivity index (χ2v) is 7.16. The van der Waals surface area contributed by atoms with E-state index in [4.69, 9.17) is 0 Å². The third-order valence-electron chi connectivity index (χ3n) is 5.47. The van der Waals surface area contributed by atoms with Crippen molar-refractivity contribution in [3.8, 4) is 11.3 Å². The lowest BCUT2D eigenvalue weighted by molar-refractivity contribution is 0.0735. The van der Waals surface area contributed by atoms with Crippen molar-refractivity contribution >= 4 is 22.7 Å². The minimum Gasteiger partial charge on any atom is -0.355 e. The van der Waals surface area contributed by atoms with E-state index in [1.165, 1.54) is 6.07 Å². The average Bonchev–Trinajstić information content (AvgIpc) is 3.32. The Hall–Kier alpha value is -3.19. The van der Waals surface area contributed by atoms with Gasteiger partial charge in [-0.3, -0.25) is 9.59 Å². The number of fused-ring (bicyclic) bond motifs is 2. The van der Waals surface area contributed by atoms with E-state index < -0.39 is 0 Å². The number of amides is 2. The van der Waals surface area contributed by atoms with Gasteiger partial charge in [-0.15, -0.1) is 0 Å². The molecular formula is C21H19FN4O2. The van der Waals surface area contributed by atoms with Crippen molar-refractivity contribution in [1.29, 1.82) is 0 Å². The van der Waals surface area contributed by atoms with Crippen molar-refractivity contribution in [2.24, 2.45) is 0 Å². The van der Waals surface area contributed by atoms with E-state index in [2.05, 4.69) is 15.6 Å². The van der Waals surface area contributed by atoms with Crippen LogP contribution >= 0.6 is 0 Å². The van der Waals surface area contributed by atoms with Gasteiger partial charge in [0.05, 0.1) is 5.56 Å². The molecule has 0 saturated carbocycles. The zero-order valence-electron chi connectivity index (χ0n) is 15.1. The Morgan fingerprint density at radius 2 is 1.89 bits per heavy atom. The smallest absolute Gasteiger partial charge is 0.253 e. The van der Waals surface area contributed by atoms with Gasteiger partial charge >= 0.3 is 0 Å². The fourth-order valence-electron chi connectivity index (χ4n) is 4.00. The molecule has 5 rings (SSSR count). The number of rotatable bonds is 2. The molecule has 0 unspecified atom stereocenters. The highest BCUT2D eigenvalue weighted by Gasteiger charge is 2.27. The van der Waals surface area contributed by atoms with Crippen LogP contribution in [-0.2, 0) is 6.54 Å². The molecule has 2 amide bonds. The van der Waals surface area contributed by atoms with Crippen LogP contribution in [-0.4, -0.2) is 47.9 Å². The molecule has 0 atom stereocenters. The quantitative estimate of drug-likeness (QED) is 0.640. The summed E-state index contributed by atoms with van der Waals surface area (Å²) in [6.07, 6.45) is 0. The van der Waals surface area contributed by atoms with Crippen LogP contribution in [0.2, 0.25) is 0 Å². The van der Waals surface area contributed by atoms with Gasteiger partial charge in [0.2, 0.25) is 0 Å². The van der Waals surface area contributed by atoms with Gasteiger partial charge in [-0.1, -0.05) is 0 Å². The molecule has 1 aromatic heterocycles. The highest BCUT2D eigenvalue weighted by atomic mass is 19.1. The van der Waals surface area contributed by atoms with E-state index in [-0.39, 0.29) is 24.2 Å². The van der Waals surface area contributed by atoms with Crippen molar-refractivity contribution in [2.75, 3.05) is 26.2 Å². The zero-order valence-corrected chi connectivity index (χ0v) is 15.1. The Bertz CT molecular complexity index is 1120. The van der Waals surface area contributed by atoms with Crippen LogP contribution in [0.15, 0.2) is 36.4 Å². The summed E-state index contributed by atoms with van der Waals surface area (Å²) in [5, 5.41) is 6.81. The number of aromatic amines is 1. The van der Waals surface area contributed by atoms with Crippen molar-refractivity contribution in [3.63, 3.8) is 0 Å². The van der Waals surface area contributed by atoms with E-state index in [1.807, 2.05) is 29.2 Å². The fraction of sp³-hybridized carbons (Fsp3) is 0.238. The van der Waals surface area contributed by atoms with E-state index in [0.29, 0.717) is 35.3 Å². The molecule has 3 aromatic rings. The molecule has 2 aromatic carbocycles. The maximum Gasteiger partial charge on any atom is 0.253 e. The van der Waals surface area contributed by atoms with Gasteiger partial charge in [-0.2, -0.15) is 0 Å². The van der Waals surface area contributed by atoms with Gasteiger partial charge < -0.3 is 20.5 Å². The van der Waals surface area contributed by atoms with Crippen molar-refractivity contribution in [3.05, 3.63) is 58.9 Å². The molecule has 142 valence electrons. The Morgan fingerprint density at radius 3 is 2.71 bits per heavy atom. The van der Waals surface area contributed by atoms with Crippen LogP contribution in [0.4, 0.5) is 4.39 Å². The molecule has 6 nitrogen and oxygen atoms in total. The Balaban J connectivity index is 1.54. The SMILES string of the molecule is O=C1NCc2c(F)ccc(-c3cc4cc(C(=O)N5CCNCC5)ccc4[nH]3)c21. The fourth-order valence-corrected chi connectivity index (χ4v) is 4.00. The number of carbonyl (C=O) groups is 2. The summed E-state index contributed by atoms with van der Waals surface area (Å²) in [5.74, 6) is -0.622. The number of aromatic nitrogens is 1. The maximum atomic E-state index is 14.0. The van der Waals surface area contributed by atoms with Gasteiger partial charge in [-0.05, 0) is 36.4 Å². The number of nitrogens with zero attached hydrogens (tertiary/aromatic N) is 1. The minimum atomic E-state index is -0.378. The number of hydrogen-bond acceptors (Lipinski definition) is 3. The Morgan fingerprint density at radius 1 is 1.07 bits per heavy atom. The first kappa shape index (κ1) is 16.9. The van der Waals surface area contributed by atoms with Crippen LogP contribution < -0.4 is 10.6 Å². The van der Waals surface area contributed by atoms with Crippen LogP contribution in [0.25, 0.3) is 22.2 Å². The summed E-state index contributed by atoms with van der Waals surface area (Å²) < 4.78 is 14.0. The number of carbonyl (C=O) groups excluding carboxylic acids is 2. The van der Waals surface area contributed by atoms with E-state index in [9.17, 15) is 14.0 Å². The highest BCUT2D eigenvalue weighted by molar-refractivity contribution is 6.05. The predicted octanol–water partition coefficient (Wildman–Crippen LogP) is 2.26. The van der Waals surface area contributed by atoms with Gasteiger partial charge in [0, 0.05) is 66.0 Å². The van der Waals surface area contributed by atoms with Crippen LogP contribution in [0, 0.1) is 5.82 Å². The molecule has 0 radical (unpaired) electrons. The van der Waals surface area contributed by atoms with Crippen LogP contribution in [0.3, 0.4) is 0 Å². The van der Waals surface area contributed by atoms with Gasteiger partial charge in [0.25, 0.3) is 11.8 Å². The first-order valence-corrected chi connectivity index (χ1v) is 9.34. The Kier molecular flexibility index (Phi) is 3.91. The van der Waals surface area contributed by atoms with E-state index in [1.54, 1.807) is 6.07 Å². The van der Waals surface area contributed by atoms with Gasteiger partial charge in [0.1, 0.15) is 5.82 Å². The molecule has 2 aliphatic rings. The molecule has 28 heavy (non-hydrogen) atoms. The summed E-state index contributed by atoms with van der Waals surface area (Å²) in [5.41, 5.74) is 3.68. The topological polar surface area (TPSA) is 77.2 Å². The highest BCUT2D eigenvalue weighted by Crippen LogP contribution is 2.32. The molecule has 3 heterocycles. The lowest BCUT2D eigenvalue weighted by Crippen LogP contribution is -2.46. The number of halogens is 1. The summed E-state index contributed by atoms with van der Waals surface area (Å²) >= 11 is 0. The molecule has 0 spiro atoms. The molecule has 7 heteroatoms. The molecule has 3 N–H and O–H groups in total. The number of piperazine rings is 1. The first-order valence-electron chi connectivity index (χ1n) is 9.34. The van der Waals surface area contributed by atoms with Gasteiger partial charge in [0.15, 0.2) is 0 Å². The summed E-state index contributed by atoms with van der Waals surface area (Å²) in [4.78, 5) is 30.1. The van der Waals surface area contributed by atoms with Crippen molar-refractivity contribution in [1.82, 2.24) is 20.5 Å². The predicted molar refractivity (Wildman–Crippen MR) is 104 cm³/mol. The number of nitrogens with one attached hydrogen (secondary N) is 3. The van der Waals surface area contributed by atoms with E-state index in [0.717, 1.165) is 29.7 Å². The largest absolute Gasteiger partial charge is 0.355 e. The van der Waals surface area contributed by atoms with Gasteiger partial charge in [-0.25, -0.2) is 4.39 Å². The lowest BCUT2D eigenvalue weighted by atomic mass is 10.00. The average molecular weight is 378 g/mol. The molecule has 2 aliphatic heterocycles. The van der Waals surface area contributed by atoms with Crippen LogP contribution in [0.5, 0.6) is 0 Å². The molecule has 0 aliphatic carbocycles. The molecule has 0 bridgehead atoms.